The van der Waals surface area contributed by atoms with Crippen LogP contribution in [0.2, 0.25) is 0 Å². The summed E-state index contributed by atoms with van der Waals surface area (Å²) in [5.74, 6) is 0. The number of pyridine rings is 1. The van der Waals surface area contributed by atoms with Gasteiger partial charge >= 0.3 is 0 Å². The minimum absolute atomic E-state index is 0.0506. The van der Waals surface area contributed by atoms with Crippen LogP contribution in [-0.4, -0.2) is 27.6 Å². The van der Waals surface area contributed by atoms with Gasteiger partial charge in [0.2, 0.25) is 0 Å². The summed E-state index contributed by atoms with van der Waals surface area (Å²) in [5.41, 5.74) is 3.84. The Kier molecular flexibility index (Phi) is 5.19. The van der Waals surface area contributed by atoms with Gasteiger partial charge in [0, 0.05) is 24.2 Å². The Balaban J connectivity index is 1.56. The van der Waals surface area contributed by atoms with Crippen molar-refractivity contribution >= 4 is 28.1 Å². The number of rotatable bonds is 2. The predicted molar refractivity (Wildman–Crippen MR) is 123 cm³/mol. The highest BCUT2D eigenvalue weighted by Crippen LogP contribution is 2.37. The molecule has 29 heavy (non-hydrogen) atoms. The monoisotopic (exact) mass is 401 g/mol. The summed E-state index contributed by atoms with van der Waals surface area (Å²) in [7, 11) is 0. The zero-order valence-electron chi connectivity index (χ0n) is 16.7. The highest BCUT2D eigenvalue weighted by molar-refractivity contribution is 7.80. The molecule has 1 atom stereocenters. The highest BCUT2D eigenvalue weighted by Gasteiger charge is 2.33. The highest BCUT2D eigenvalue weighted by atomic mass is 32.1. The summed E-state index contributed by atoms with van der Waals surface area (Å²) < 4.78 is 0. The molecule has 148 valence electrons. The van der Waals surface area contributed by atoms with E-state index in [0.717, 1.165) is 23.8 Å². The van der Waals surface area contributed by atoms with Crippen molar-refractivity contribution in [2.75, 3.05) is 6.54 Å². The molecule has 0 radical (unpaired) electrons. The van der Waals surface area contributed by atoms with E-state index in [1.54, 1.807) is 0 Å². The molecule has 3 aromatic rings. The lowest BCUT2D eigenvalue weighted by atomic mass is 9.89. The van der Waals surface area contributed by atoms with Crippen molar-refractivity contribution in [1.82, 2.24) is 15.2 Å². The van der Waals surface area contributed by atoms with E-state index in [4.69, 9.17) is 17.2 Å². The number of hydrogen-bond acceptors (Lipinski definition) is 2. The van der Waals surface area contributed by atoms with E-state index in [-0.39, 0.29) is 6.04 Å². The lowest BCUT2D eigenvalue weighted by molar-refractivity contribution is 0.316. The number of hydrogen-bond donors (Lipinski definition) is 1. The van der Waals surface area contributed by atoms with Gasteiger partial charge in [-0.25, -0.2) is 0 Å². The third-order valence-electron chi connectivity index (χ3n) is 6.44. The van der Waals surface area contributed by atoms with E-state index in [2.05, 4.69) is 64.8 Å². The van der Waals surface area contributed by atoms with Gasteiger partial charge in [-0.05, 0) is 54.1 Å². The van der Waals surface area contributed by atoms with Crippen molar-refractivity contribution in [2.24, 2.45) is 0 Å². The van der Waals surface area contributed by atoms with Crippen LogP contribution in [0.4, 0.5) is 0 Å². The smallest absolute Gasteiger partial charge is 0.170 e. The molecule has 1 aliphatic heterocycles. The fourth-order valence-corrected chi connectivity index (χ4v) is 5.31. The average molecular weight is 402 g/mol. The van der Waals surface area contributed by atoms with Crippen molar-refractivity contribution in [3.63, 3.8) is 0 Å². The van der Waals surface area contributed by atoms with E-state index in [1.807, 2.05) is 6.20 Å². The predicted octanol–water partition coefficient (Wildman–Crippen LogP) is 5.39. The van der Waals surface area contributed by atoms with Gasteiger partial charge in [0.05, 0.1) is 11.7 Å². The summed E-state index contributed by atoms with van der Waals surface area (Å²) in [6.45, 7) is 0.922. The Morgan fingerprint density at radius 2 is 1.76 bits per heavy atom. The molecule has 1 fully saturated rings. The van der Waals surface area contributed by atoms with Gasteiger partial charge in [-0.15, -0.1) is 0 Å². The van der Waals surface area contributed by atoms with Gasteiger partial charge in [-0.2, -0.15) is 0 Å². The Morgan fingerprint density at radius 1 is 0.966 bits per heavy atom. The van der Waals surface area contributed by atoms with Crippen LogP contribution in [0.5, 0.6) is 0 Å². The summed E-state index contributed by atoms with van der Waals surface area (Å²) in [6, 6.07) is 20.0. The maximum Gasteiger partial charge on any atom is 0.170 e. The van der Waals surface area contributed by atoms with Crippen LogP contribution in [0, 0.1) is 0 Å². The first-order valence-corrected chi connectivity index (χ1v) is 11.2. The number of benzene rings is 2. The molecule has 3 nitrogen and oxygen atoms in total. The second-order valence-electron chi connectivity index (χ2n) is 8.25. The van der Waals surface area contributed by atoms with Crippen molar-refractivity contribution in [3.8, 4) is 0 Å². The van der Waals surface area contributed by atoms with Crippen LogP contribution in [0.1, 0.15) is 55.0 Å². The first kappa shape index (κ1) is 18.6. The van der Waals surface area contributed by atoms with Crippen LogP contribution >= 0.6 is 12.2 Å². The number of aromatic nitrogens is 1. The molecule has 1 aromatic heterocycles. The Bertz CT molecular complexity index is 1020. The number of nitrogens with zero attached hydrogens (tertiary/aromatic N) is 2. The fraction of sp³-hybridized carbons (Fsp3) is 0.360. The molecule has 0 bridgehead atoms. The molecule has 0 amide bonds. The van der Waals surface area contributed by atoms with Gasteiger partial charge in [0.15, 0.2) is 5.11 Å². The zero-order chi connectivity index (χ0) is 19.6. The summed E-state index contributed by atoms with van der Waals surface area (Å²) >= 11 is 5.97. The maximum atomic E-state index is 5.97. The second-order valence-corrected chi connectivity index (χ2v) is 8.63. The number of nitrogens with one attached hydrogen (secondary N) is 1. The minimum Gasteiger partial charge on any atom is -0.360 e. The van der Waals surface area contributed by atoms with Crippen LogP contribution in [-0.2, 0) is 6.42 Å². The lowest BCUT2D eigenvalue weighted by Crippen LogP contribution is -2.49. The molecule has 0 unspecified atom stereocenters. The quantitative estimate of drug-likeness (QED) is 0.583. The molecule has 0 saturated heterocycles. The van der Waals surface area contributed by atoms with Gasteiger partial charge in [-0.1, -0.05) is 67.8 Å². The molecule has 2 aliphatic rings. The first-order valence-electron chi connectivity index (χ1n) is 10.8. The molecule has 1 N–H and O–H groups in total. The first-order chi connectivity index (χ1) is 14.3. The summed E-state index contributed by atoms with van der Waals surface area (Å²) in [5, 5.41) is 7.02. The topological polar surface area (TPSA) is 28.2 Å². The largest absolute Gasteiger partial charge is 0.360 e. The molecule has 0 spiro atoms. The molecular formula is C25H27N3S. The Hall–Kier alpha value is -2.46. The van der Waals surface area contributed by atoms with Crippen molar-refractivity contribution in [1.29, 1.82) is 0 Å². The van der Waals surface area contributed by atoms with Crippen LogP contribution in [0.15, 0.2) is 60.8 Å². The second kappa shape index (κ2) is 8.11. The third kappa shape index (κ3) is 3.62. The lowest BCUT2D eigenvalue weighted by Gasteiger charge is -2.40. The number of thiocarbonyl (C=S) groups is 1. The van der Waals surface area contributed by atoms with Crippen molar-refractivity contribution in [2.45, 2.75) is 50.6 Å². The minimum atomic E-state index is 0.0506. The van der Waals surface area contributed by atoms with Gasteiger partial charge < -0.3 is 10.2 Å². The summed E-state index contributed by atoms with van der Waals surface area (Å²) in [6.07, 6.45) is 9.36. The standard InChI is InChI=1S/C25H27N3S/c29-25(27-20-10-2-1-3-11-20)28-17-15-19-9-5-7-13-22(19)24(28)23-21-12-6-4-8-18(21)14-16-26-23/h4-9,12-14,16,20,24H,1-3,10-11,15,17H2,(H,27,29)/t24-/m0/s1. The van der Waals surface area contributed by atoms with Gasteiger partial charge in [0.1, 0.15) is 0 Å². The molecule has 2 heterocycles. The normalized spacial score (nSPS) is 19.7. The van der Waals surface area contributed by atoms with Crippen LogP contribution in [0.25, 0.3) is 10.8 Å². The Labute approximate surface area is 178 Å². The van der Waals surface area contributed by atoms with E-state index in [0.29, 0.717) is 6.04 Å². The van der Waals surface area contributed by atoms with Crippen molar-refractivity contribution in [3.05, 3.63) is 77.6 Å². The Morgan fingerprint density at radius 3 is 2.66 bits per heavy atom. The van der Waals surface area contributed by atoms with Crippen molar-refractivity contribution < 1.29 is 0 Å². The SMILES string of the molecule is S=C(NC1CCCCC1)N1CCc2ccccc2[C@H]1c1nccc2ccccc12. The van der Waals surface area contributed by atoms with E-state index < -0.39 is 0 Å². The molecule has 4 heteroatoms. The maximum absolute atomic E-state index is 5.97. The molecule has 1 aliphatic carbocycles. The van der Waals surface area contributed by atoms with Crippen LogP contribution < -0.4 is 5.32 Å². The average Bonchev–Trinajstić information content (AvgIpc) is 2.78. The summed E-state index contributed by atoms with van der Waals surface area (Å²) in [4.78, 5) is 7.26. The van der Waals surface area contributed by atoms with E-state index in [9.17, 15) is 0 Å². The molecule has 2 aromatic carbocycles. The fourth-order valence-electron chi connectivity index (χ4n) is 4.95. The molecular weight excluding hydrogens is 374 g/mol. The van der Waals surface area contributed by atoms with Gasteiger partial charge in [0.25, 0.3) is 0 Å². The van der Waals surface area contributed by atoms with Gasteiger partial charge in [-0.3, -0.25) is 4.98 Å². The molecule has 1 saturated carbocycles. The van der Waals surface area contributed by atoms with E-state index in [1.165, 1.54) is 54.0 Å². The van der Waals surface area contributed by atoms with E-state index >= 15 is 0 Å². The number of fused-ring (bicyclic) bond motifs is 2. The molecule has 5 rings (SSSR count). The zero-order valence-corrected chi connectivity index (χ0v) is 17.5. The van der Waals surface area contributed by atoms with Crippen LogP contribution in [0.3, 0.4) is 0 Å². The third-order valence-corrected chi connectivity index (χ3v) is 6.79.